The first-order valence-electron chi connectivity index (χ1n) is 13.2. The number of hydrogen-bond acceptors (Lipinski definition) is 7. The average molecular weight is 573 g/mol. The van der Waals surface area contributed by atoms with Crippen molar-refractivity contribution in [2.45, 2.75) is 32.0 Å². The monoisotopic (exact) mass is 572 g/mol. The van der Waals surface area contributed by atoms with Crippen molar-refractivity contribution in [3.63, 3.8) is 0 Å². The van der Waals surface area contributed by atoms with Crippen LogP contribution in [0.25, 0.3) is 21.1 Å². The molecular weight excluding hydrogens is 546 g/mol. The Morgan fingerprint density at radius 1 is 1.20 bits per heavy atom. The zero-order valence-electron chi connectivity index (χ0n) is 22.1. The second-order valence-electron chi connectivity index (χ2n) is 9.65. The van der Waals surface area contributed by atoms with Crippen molar-refractivity contribution in [3.05, 3.63) is 83.1 Å². The number of amides is 1. The van der Waals surface area contributed by atoms with Gasteiger partial charge in [0.2, 0.25) is 0 Å². The Labute approximate surface area is 238 Å². The molecule has 6 rings (SSSR count). The number of halogens is 2. The van der Waals surface area contributed by atoms with E-state index in [-0.39, 0.29) is 18.7 Å². The van der Waals surface area contributed by atoms with Crippen molar-refractivity contribution in [1.29, 1.82) is 0 Å². The highest BCUT2D eigenvalue weighted by Crippen LogP contribution is 2.32. The van der Waals surface area contributed by atoms with Gasteiger partial charge >= 0.3 is 6.09 Å². The Morgan fingerprint density at radius 3 is 2.98 bits per heavy atom. The predicted molar refractivity (Wildman–Crippen MR) is 155 cm³/mol. The number of anilines is 2. The third kappa shape index (κ3) is 5.99. The fourth-order valence-corrected chi connectivity index (χ4v) is 5.72. The first-order chi connectivity index (χ1) is 19.9. The Morgan fingerprint density at radius 2 is 2.10 bits per heavy atom. The van der Waals surface area contributed by atoms with Crippen molar-refractivity contribution in [2.75, 3.05) is 18.4 Å². The summed E-state index contributed by atoms with van der Waals surface area (Å²) in [5.41, 5.74) is 2.82. The summed E-state index contributed by atoms with van der Waals surface area (Å²) >= 11 is 1.50. The van der Waals surface area contributed by atoms with Crippen LogP contribution >= 0.6 is 11.3 Å². The second-order valence-corrected chi connectivity index (χ2v) is 10.7. The predicted octanol–water partition coefficient (Wildman–Crippen LogP) is 5.54. The van der Waals surface area contributed by atoms with Crippen molar-refractivity contribution in [3.8, 4) is 11.8 Å². The second kappa shape index (κ2) is 11.5. The minimum absolute atomic E-state index is 0.0697. The Bertz CT molecular complexity index is 1810. The van der Waals surface area contributed by atoms with Gasteiger partial charge in [-0.25, -0.2) is 23.5 Å². The molecule has 3 N–H and O–H groups in total. The van der Waals surface area contributed by atoms with Gasteiger partial charge in [-0.15, -0.1) is 11.3 Å². The van der Waals surface area contributed by atoms with E-state index < -0.39 is 17.7 Å². The lowest BCUT2D eigenvalue weighted by Gasteiger charge is -2.10. The number of alkyl carbamates (subject to hydrolysis) is 1. The third-order valence-electron chi connectivity index (χ3n) is 6.75. The molecule has 1 fully saturated rings. The summed E-state index contributed by atoms with van der Waals surface area (Å²) in [4.78, 5) is 21.4. The summed E-state index contributed by atoms with van der Waals surface area (Å²) in [6.07, 6.45) is 3.38. The summed E-state index contributed by atoms with van der Waals surface area (Å²) < 4.78 is 36.0. The number of carbonyl (C=O) groups excluding carboxylic acids is 1. The molecule has 1 amide bonds. The molecule has 41 heavy (non-hydrogen) atoms. The quantitative estimate of drug-likeness (QED) is 0.231. The van der Waals surface area contributed by atoms with E-state index >= 15 is 0 Å². The van der Waals surface area contributed by atoms with Gasteiger partial charge in [-0.2, -0.15) is 0 Å². The van der Waals surface area contributed by atoms with Crippen molar-refractivity contribution >= 4 is 50.1 Å². The van der Waals surface area contributed by atoms with Gasteiger partial charge in [0.1, 0.15) is 24.1 Å². The molecular formula is C30H26F2N6O2S. The van der Waals surface area contributed by atoms with Crippen molar-refractivity contribution < 1.29 is 18.3 Å². The van der Waals surface area contributed by atoms with Gasteiger partial charge in [0.25, 0.3) is 0 Å². The highest BCUT2D eigenvalue weighted by molar-refractivity contribution is 7.20. The molecule has 8 nitrogen and oxygen atoms in total. The number of hydrogen-bond donors (Lipinski definition) is 3. The van der Waals surface area contributed by atoms with Gasteiger partial charge in [-0.3, -0.25) is 5.32 Å². The average Bonchev–Trinajstić information content (AvgIpc) is 3.68. The Balaban J connectivity index is 1.16. The van der Waals surface area contributed by atoms with Gasteiger partial charge in [-0.1, -0.05) is 11.8 Å². The number of aromatic nitrogens is 3. The molecule has 0 bridgehead atoms. The van der Waals surface area contributed by atoms with E-state index in [2.05, 4.69) is 37.8 Å². The van der Waals surface area contributed by atoms with Crippen LogP contribution in [-0.2, 0) is 11.3 Å². The lowest BCUT2D eigenvalue weighted by molar-refractivity contribution is 0.107. The molecule has 5 aromatic rings. The van der Waals surface area contributed by atoms with Crippen LogP contribution in [0, 0.1) is 23.5 Å². The number of nitrogens with zero attached hydrogens (tertiary/aromatic N) is 3. The molecule has 208 valence electrons. The van der Waals surface area contributed by atoms with E-state index in [9.17, 15) is 13.6 Å². The first-order valence-corrected chi connectivity index (χ1v) is 14.0. The first kappa shape index (κ1) is 26.7. The summed E-state index contributed by atoms with van der Waals surface area (Å²) in [5.74, 6) is 6.22. The highest BCUT2D eigenvalue weighted by atomic mass is 32.1. The molecule has 0 spiro atoms. The largest absolute Gasteiger partial charge is 0.445 e. The SMILES string of the molecule is CCNC(=O)O[C@@H]1CN[C@H](C#Cc2cc3ncnc(Nc4ccc5c(ccn5Cc5cc(F)ccc5F)c4)c3s2)C1. The van der Waals surface area contributed by atoms with Crippen LogP contribution in [0.15, 0.2) is 61.1 Å². The summed E-state index contributed by atoms with van der Waals surface area (Å²) in [5, 5.41) is 10.3. The minimum Gasteiger partial charge on any atom is -0.445 e. The van der Waals surface area contributed by atoms with Crippen LogP contribution in [0.2, 0.25) is 0 Å². The standard InChI is InChI=1S/C30H26F2N6O2S/c1-2-33-30(39)40-23-13-21(34-15-23)4-6-24-14-26-28(41-24)29(36-17-35-26)37-22-5-8-27-18(12-22)9-10-38(27)16-19-11-20(31)3-7-25(19)32/h3,5,7-12,14,17,21,23,34H,2,13,15-16H2,1H3,(H,33,39)(H,35,36,37)/t21-,23+/m1/s1. The van der Waals surface area contributed by atoms with Crippen LogP contribution < -0.4 is 16.0 Å². The Hall–Kier alpha value is -4.53. The molecule has 11 heteroatoms. The maximum Gasteiger partial charge on any atom is 0.407 e. The van der Waals surface area contributed by atoms with Crippen molar-refractivity contribution in [2.24, 2.45) is 0 Å². The normalized spacial score (nSPS) is 16.5. The molecule has 2 atom stereocenters. The lowest BCUT2D eigenvalue weighted by Crippen LogP contribution is -2.29. The molecule has 1 aliphatic rings. The maximum atomic E-state index is 14.2. The van der Waals surface area contributed by atoms with Gasteiger partial charge in [-0.05, 0) is 55.5 Å². The molecule has 0 unspecified atom stereocenters. The number of benzene rings is 2. The van der Waals surface area contributed by atoms with Crippen LogP contribution in [0.1, 0.15) is 23.8 Å². The van der Waals surface area contributed by atoms with Crippen LogP contribution in [0.5, 0.6) is 0 Å². The maximum absolute atomic E-state index is 14.2. The van der Waals surface area contributed by atoms with E-state index in [1.165, 1.54) is 23.7 Å². The number of rotatable bonds is 6. The third-order valence-corrected chi connectivity index (χ3v) is 7.79. The lowest BCUT2D eigenvalue weighted by atomic mass is 10.2. The molecule has 0 saturated carbocycles. The van der Waals surface area contributed by atoms with Crippen molar-refractivity contribution in [1.82, 2.24) is 25.2 Å². The Kier molecular flexibility index (Phi) is 7.50. The smallest absolute Gasteiger partial charge is 0.407 e. The van der Waals surface area contributed by atoms with Crippen LogP contribution in [0.3, 0.4) is 0 Å². The molecule has 1 saturated heterocycles. The minimum atomic E-state index is -0.463. The van der Waals surface area contributed by atoms with Gasteiger partial charge < -0.3 is 19.9 Å². The number of nitrogens with one attached hydrogen (secondary N) is 3. The summed E-state index contributed by atoms with van der Waals surface area (Å²) in [7, 11) is 0. The number of thiophene rings is 1. The molecule has 4 heterocycles. The van der Waals surface area contributed by atoms with Crippen LogP contribution in [-0.4, -0.2) is 45.9 Å². The van der Waals surface area contributed by atoms with Crippen LogP contribution in [0.4, 0.5) is 25.1 Å². The summed E-state index contributed by atoms with van der Waals surface area (Å²) in [6, 6.07) is 13.1. The fourth-order valence-electron chi connectivity index (χ4n) is 4.80. The molecule has 0 aliphatic carbocycles. The van der Waals surface area contributed by atoms with E-state index in [1.807, 2.05) is 48.0 Å². The fraction of sp³-hybridized carbons (Fsp3) is 0.233. The van der Waals surface area contributed by atoms with E-state index in [0.717, 1.165) is 43.8 Å². The molecule has 3 aromatic heterocycles. The molecule has 0 radical (unpaired) electrons. The zero-order chi connectivity index (χ0) is 28.3. The van der Waals surface area contributed by atoms with Gasteiger partial charge in [0, 0.05) is 47.9 Å². The number of fused-ring (bicyclic) bond motifs is 2. The van der Waals surface area contributed by atoms with E-state index in [0.29, 0.717) is 30.9 Å². The zero-order valence-corrected chi connectivity index (χ0v) is 22.9. The summed E-state index contributed by atoms with van der Waals surface area (Å²) in [6.45, 7) is 3.16. The molecule has 1 aliphatic heterocycles. The topological polar surface area (TPSA) is 93.1 Å². The van der Waals surface area contributed by atoms with E-state index in [4.69, 9.17) is 4.74 Å². The number of carbonyl (C=O) groups is 1. The van der Waals surface area contributed by atoms with Gasteiger partial charge in [0.15, 0.2) is 5.82 Å². The van der Waals surface area contributed by atoms with Gasteiger partial charge in [0.05, 0.1) is 27.7 Å². The highest BCUT2D eigenvalue weighted by Gasteiger charge is 2.25. The number of ether oxygens (including phenoxy) is 1. The molecule has 2 aromatic carbocycles. The van der Waals surface area contributed by atoms with E-state index in [1.54, 1.807) is 0 Å².